The molecule has 1 saturated heterocycles. The Morgan fingerprint density at radius 3 is 2.59 bits per heavy atom. The Kier molecular flexibility index (Phi) is 5.89. The molecule has 1 aromatic rings. The predicted octanol–water partition coefficient (Wildman–Crippen LogP) is 4.32. The molecule has 0 saturated carbocycles. The maximum Gasteiger partial charge on any atom is 0.0176 e. The largest absolute Gasteiger partial charge is 0.317 e. The summed E-state index contributed by atoms with van der Waals surface area (Å²) in [6.45, 7) is 2.45. The van der Waals surface area contributed by atoms with Crippen LogP contribution in [0.25, 0.3) is 0 Å². The summed E-state index contributed by atoms with van der Waals surface area (Å²) in [6, 6.07) is 8.63. The zero-order chi connectivity index (χ0) is 11.9. The van der Waals surface area contributed by atoms with Crippen molar-refractivity contribution in [3.05, 3.63) is 28.7 Å². The van der Waals surface area contributed by atoms with E-state index in [-0.39, 0.29) is 0 Å². The van der Waals surface area contributed by atoms with Gasteiger partial charge in [0.05, 0.1) is 0 Å². The fourth-order valence-electron chi connectivity index (χ4n) is 2.26. The third-order valence-corrected chi connectivity index (χ3v) is 4.92. The number of hydrogen-bond donors (Lipinski definition) is 1. The van der Waals surface area contributed by atoms with Crippen LogP contribution in [0.2, 0.25) is 0 Å². The van der Waals surface area contributed by atoms with Crippen LogP contribution in [-0.2, 0) is 0 Å². The Balaban J connectivity index is 1.60. The quantitative estimate of drug-likeness (QED) is 0.641. The average Bonchev–Trinajstić information content (AvgIpc) is 2.38. The molecule has 0 unspecified atom stereocenters. The smallest absolute Gasteiger partial charge is 0.0176 e. The SMILES string of the molecule is Brc1ccc(SCCCC2CCNCC2)cc1. The van der Waals surface area contributed by atoms with Crippen LogP contribution in [0, 0.1) is 5.92 Å². The van der Waals surface area contributed by atoms with Crippen molar-refractivity contribution in [1.82, 2.24) is 5.32 Å². The van der Waals surface area contributed by atoms with Gasteiger partial charge in [-0.05, 0) is 74.7 Å². The number of hydrogen-bond acceptors (Lipinski definition) is 2. The van der Waals surface area contributed by atoms with Crippen molar-refractivity contribution < 1.29 is 0 Å². The molecule has 1 nitrogen and oxygen atoms in total. The zero-order valence-corrected chi connectivity index (χ0v) is 12.5. The van der Waals surface area contributed by atoms with Gasteiger partial charge in [0.25, 0.3) is 0 Å². The fourth-order valence-corrected chi connectivity index (χ4v) is 3.40. The first-order valence-electron chi connectivity index (χ1n) is 6.44. The normalized spacial score (nSPS) is 17.2. The number of rotatable bonds is 5. The molecule has 0 aliphatic carbocycles. The summed E-state index contributed by atoms with van der Waals surface area (Å²) in [4.78, 5) is 1.39. The van der Waals surface area contributed by atoms with Gasteiger partial charge >= 0.3 is 0 Å². The minimum absolute atomic E-state index is 0.974. The fraction of sp³-hybridized carbons (Fsp3) is 0.571. The maximum atomic E-state index is 3.46. The summed E-state index contributed by atoms with van der Waals surface area (Å²) < 4.78 is 1.16. The molecule has 1 aliphatic rings. The van der Waals surface area contributed by atoms with Crippen molar-refractivity contribution in [2.75, 3.05) is 18.8 Å². The van der Waals surface area contributed by atoms with E-state index >= 15 is 0 Å². The van der Waals surface area contributed by atoms with E-state index in [1.807, 2.05) is 11.8 Å². The van der Waals surface area contributed by atoms with Gasteiger partial charge in [0.15, 0.2) is 0 Å². The van der Waals surface area contributed by atoms with E-state index in [9.17, 15) is 0 Å². The molecule has 1 aliphatic heterocycles. The van der Waals surface area contributed by atoms with E-state index in [1.54, 1.807) is 0 Å². The van der Waals surface area contributed by atoms with Crippen LogP contribution in [0.5, 0.6) is 0 Å². The molecule has 0 radical (unpaired) electrons. The molecular formula is C14H20BrNS. The maximum absolute atomic E-state index is 3.46. The lowest BCUT2D eigenvalue weighted by atomic mass is 9.94. The first kappa shape index (κ1) is 13.4. The molecule has 0 atom stereocenters. The lowest BCUT2D eigenvalue weighted by Crippen LogP contribution is -2.27. The average molecular weight is 314 g/mol. The molecule has 0 aromatic heterocycles. The van der Waals surface area contributed by atoms with Crippen molar-refractivity contribution in [2.24, 2.45) is 5.92 Å². The monoisotopic (exact) mass is 313 g/mol. The van der Waals surface area contributed by atoms with E-state index in [2.05, 4.69) is 45.5 Å². The van der Waals surface area contributed by atoms with Crippen LogP contribution in [0.4, 0.5) is 0 Å². The second-order valence-electron chi connectivity index (χ2n) is 4.64. The van der Waals surface area contributed by atoms with E-state index in [0.717, 1.165) is 10.4 Å². The zero-order valence-electron chi connectivity index (χ0n) is 10.1. The van der Waals surface area contributed by atoms with Gasteiger partial charge in [-0.3, -0.25) is 0 Å². The van der Waals surface area contributed by atoms with Gasteiger partial charge in [0, 0.05) is 9.37 Å². The lowest BCUT2D eigenvalue weighted by molar-refractivity contribution is 0.352. The summed E-state index contributed by atoms with van der Waals surface area (Å²) in [5, 5.41) is 3.43. The minimum atomic E-state index is 0.974. The van der Waals surface area contributed by atoms with Gasteiger partial charge in [0.1, 0.15) is 0 Å². The van der Waals surface area contributed by atoms with Crippen LogP contribution >= 0.6 is 27.7 Å². The van der Waals surface area contributed by atoms with Crippen molar-refractivity contribution in [2.45, 2.75) is 30.6 Å². The van der Waals surface area contributed by atoms with E-state index < -0.39 is 0 Å². The standard InChI is InChI=1S/C14H20BrNS/c15-13-3-5-14(6-4-13)17-11-1-2-12-7-9-16-10-8-12/h3-6,12,16H,1-2,7-11H2. The molecule has 1 N–H and O–H groups in total. The summed E-state index contributed by atoms with van der Waals surface area (Å²) in [5.74, 6) is 2.23. The third kappa shape index (κ3) is 5.02. The Bertz CT molecular complexity index is 319. The first-order valence-corrected chi connectivity index (χ1v) is 8.21. The number of halogens is 1. The molecule has 94 valence electrons. The second-order valence-corrected chi connectivity index (χ2v) is 6.72. The Hall–Kier alpha value is 0.01000. The Morgan fingerprint density at radius 1 is 1.18 bits per heavy atom. The molecule has 2 rings (SSSR count). The van der Waals surface area contributed by atoms with Crippen LogP contribution in [-0.4, -0.2) is 18.8 Å². The highest BCUT2D eigenvalue weighted by atomic mass is 79.9. The van der Waals surface area contributed by atoms with Crippen LogP contribution in [0.3, 0.4) is 0 Å². The van der Waals surface area contributed by atoms with Crippen molar-refractivity contribution in [3.8, 4) is 0 Å². The molecule has 1 aromatic carbocycles. The van der Waals surface area contributed by atoms with Gasteiger partial charge in [0.2, 0.25) is 0 Å². The first-order chi connectivity index (χ1) is 8.34. The molecular weight excluding hydrogens is 294 g/mol. The molecule has 3 heteroatoms. The highest BCUT2D eigenvalue weighted by molar-refractivity contribution is 9.10. The van der Waals surface area contributed by atoms with E-state index in [0.29, 0.717) is 0 Å². The Morgan fingerprint density at radius 2 is 1.88 bits per heavy atom. The Labute approximate surface area is 117 Å². The van der Waals surface area contributed by atoms with Gasteiger partial charge in [-0.15, -0.1) is 11.8 Å². The van der Waals surface area contributed by atoms with Crippen molar-refractivity contribution in [3.63, 3.8) is 0 Å². The predicted molar refractivity (Wildman–Crippen MR) is 79.7 cm³/mol. The van der Waals surface area contributed by atoms with Gasteiger partial charge in [-0.1, -0.05) is 15.9 Å². The summed E-state index contributed by atoms with van der Waals surface area (Å²) in [7, 11) is 0. The second kappa shape index (κ2) is 7.45. The van der Waals surface area contributed by atoms with Gasteiger partial charge < -0.3 is 5.32 Å². The summed E-state index contributed by atoms with van der Waals surface area (Å²) in [6.07, 6.45) is 5.52. The van der Waals surface area contributed by atoms with Crippen LogP contribution in [0.15, 0.2) is 33.6 Å². The van der Waals surface area contributed by atoms with Crippen molar-refractivity contribution in [1.29, 1.82) is 0 Å². The van der Waals surface area contributed by atoms with Crippen molar-refractivity contribution >= 4 is 27.7 Å². The highest BCUT2D eigenvalue weighted by Gasteiger charge is 2.11. The molecule has 0 amide bonds. The minimum Gasteiger partial charge on any atom is -0.317 e. The number of thioether (sulfide) groups is 1. The van der Waals surface area contributed by atoms with Gasteiger partial charge in [-0.25, -0.2) is 0 Å². The van der Waals surface area contributed by atoms with E-state index in [1.165, 1.54) is 49.4 Å². The number of piperidine rings is 1. The molecule has 1 fully saturated rings. The summed E-state index contributed by atoms with van der Waals surface area (Å²) >= 11 is 5.45. The van der Waals surface area contributed by atoms with Crippen LogP contribution in [0.1, 0.15) is 25.7 Å². The van der Waals surface area contributed by atoms with Gasteiger partial charge in [-0.2, -0.15) is 0 Å². The van der Waals surface area contributed by atoms with E-state index in [4.69, 9.17) is 0 Å². The van der Waals surface area contributed by atoms with Crippen LogP contribution < -0.4 is 5.32 Å². The third-order valence-electron chi connectivity index (χ3n) is 3.30. The number of benzene rings is 1. The molecule has 0 bridgehead atoms. The topological polar surface area (TPSA) is 12.0 Å². The number of nitrogens with one attached hydrogen (secondary N) is 1. The molecule has 0 spiro atoms. The lowest BCUT2D eigenvalue weighted by Gasteiger charge is -2.22. The molecule has 1 heterocycles. The highest BCUT2D eigenvalue weighted by Crippen LogP contribution is 2.24. The summed E-state index contributed by atoms with van der Waals surface area (Å²) in [5.41, 5.74) is 0. The molecule has 17 heavy (non-hydrogen) atoms.